The molecule has 2 aromatic rings. The van der Waals surface area contributed by atoms with E-state index in [1.165, 1.54) is 6.26 Å². The maximum atomic E-state index is 12.2. The Balaban J connectivity index is 1.69. The first kappa shape index (κ1) is 19.1. The molecule has 1 aliphatic rings. The molecule has 0 saturated carbocycles. The van der Waals surface area contributed by atoms with Crippen LogP contribution in [0.1, 0.15) is 36.1 Å². The Labute approximate surface area is 157 Å². The SMILES string of the molecule is CC(C)CN1C(=O)COCC1C(O)c1ccc(NC(=O)c2ccco2)cc1. The lowest BCUT2D eigenvalue weighted by Crippen LogP contribution is -2.53. The van der Waals surface area contributed by atoms with Crippen LogP contribution in [0.2, 0.25) is 0 Å². The minimum Gasteiger partial charge on any atom is -0.459 e. The summed E-state index contributed by atoms with van der Waals surface area (Å²) in [5.74, 6) is 0.0614. The lowest BCUT2D eigenvalue weighted by Gasteiger charge is -2.39. The van der Waals surface area contributed by atoms with Crippen LogP contribution in [0.5, 0.6) is 0 Å². The lowest BCUT2D eigenvalue weighted by atomic mass is 9.99. The number of nitrogens with zero attached hydrogens (tertiary/aromatic N) is 1. The van der Waals surface area contributed by atoms with Crippen LogP contribution in [0.4, 0.5) is 5.69 Å². The minimum atomic E-state index is -0.872. The zero-order valence-electron chi connectivity index (χ0n) is 15.4. The van der Waals surface area contributed by atoms with Crippen LogP contribution in [0.3, 0.4) is 0 Å². The standard InChI is InChI=1S/C20H24N2O5/c1-13(2)10-22-16(11-26-12-18(22)23)19(24)14-5-7-15(8-6-14)21-20(25)17-4-3-9-27-17/h3-9,13,16,19,24H,10-12H2,1-2H3,(H,21,25). The average Bonchev–Trinajstić information content (AvgIpc) is 3.18. The molecule has 7 nitrogen and oxygen atoms in total. The largest absolute Gasteiger partial charge is 0.459 e. The van der Waals surface area contributed by atoms with Crippen molar-refractivity contribution in [2.75, 3.05) is 25.1 Å². The number of aliphatic hydroxyl groups excluding tert-OH is 1. The van der Waals surface area contributed by atoms with Gasteiger partial charge in [-0.25, -0.2) is 0 Å². The monoisotopic (exact) mass is 372 g/mol. The van der Waals surface area contributed by atoms with Gasteiger partial charge in [0.1, 0.15) is 12.7 Å². The Morgan fingerprint density at radius 2 is 2.04 bits per heavy atom. The van der Waals surface area contributed by atoms with Gasteiger partial charge in [0, 0.05) is 12.2 Å². The van der Waals surface area contributed by atoms with E-state index in [1.54, 1.807) is 41.3 Å². The third-order valence-electron chi connectivity index (χ3n) is 4.42. The Morgan fingerprint density at radius 3 is 2.67 bits per heavy atom. The molecule has 1 fully saturated rings. The van der Waals surface area contributed by atoms with Gasteiger partial charge in [0.15, 0.2) is 5.76 Å². The summed E-state index contributed by atoms with van der Waals surface area (Å²) in [6.45, 7) is 4.97. The molecule has 2 heterocycles. The van der Waals surface area contributed by atoms with Crippen molar-refractivity contribution in [2.24, 2.45) is 5.92 Å². The third-order valence-corrected chi connectivity index (χ3v) is 4.42. The second kappa shape index (κ2) is 8.37. The first-order valence-electron chi connectivity index (χ1n) is 8.96. The number of carbonyl (C=O) groups is 2. The molecule has 144 valence electrons. The van der Waals surface area contributed by atoms with Gasteiger partial charge in [0.05, 0.1) is 18.9 Å². The fraction of sp³-hybridized carbons (Fsp3) is 0.400. The highest BCUT2D eigenvalue weighted by Gasteiger charge is 2.34. The summed E-state index contributed by atoms with van der Waals surface area (Å²) in [7, 11) is 0. The zero-order chi connectivity index (χ0) is 19.4. The van der Waals surface area contributed by atoms with Crippen molar-refractivity contribution in [3.05, 3.63) is 54.0 Å². The van der Waals surface area contributed by atoms with Gasteiger partial charge in [-0.1, -0.05) is 26.0 Å². The number of hydrogen-bond donors (Lipinski definition) is 2. The minimum absolute atomic E-state index is 0.0493. The van der Waals surface area contributed by atoms with Crippen molar-refractivity contribution in [3.8, 4) is 0 Å². The lowest BCUT2D eigenvalue weighted by molar-refractivity contribution is -0.155. The summed E-state index contributed by atoms with van der Waals surface area (Å²) in [5, 5.41) is 13.5. The summed E-state index contributed by atoms with van der Waals surface area (Å²) >= 11 is 0. The van der Waals surface area contributed by atoms with E-state index >= 15 is 0 Å². The first-order chi connectivity index (χ1) is 13.0. The molecule has 0 aliphatic carbocycles. The Kier molecular flexibility index (Phi) is 5.93. The van der Waals surface area contributed by atoms with Gasteiger partial charge < -0.3 is 24.5 Å². The molecule has 1 aromatic carbocycles. The van der Waals surface area contributed by atoms with Crippen LogP contribution in [0.25, 0.3) is 0 Å². The second-order valence-corrected chi connectivity index (χ2v) is 7.02. The number of rotatable bonds is 6. The molecule has 2 unspecified atom stereocenters. The molecule has 3 rings (SSSR count). The first-order valence-corrected chi connectivity index (χ1v) is 8.96. The number of amides is 2. The number of anilines is 1. The van der Waals surface area contributed by atoms with Gasteiger partial charge in [-0.3, -0.25) is 9.59 Å². The van der Waals surface area contributed by atoms with Crippen molar-refractivity contribution >= 4 is 17.5 Å². The van der Waals surface area contributed by atoms with Crippen LogP contribution in [0.15, 0.2) is 47.1 Å². The van der Waals surface area contributed by atoms with E-state index < -0.39 is 12.1 Å². The Hall–Kier alpha value is -2.64. The fourth-order valence-electron chi connectivity index (χ4n) is 3.10. The molecule has 2 N–H and O–H groups in total. The molecule has 2 amide bonds. The molecule has 1 aromatic heterocycles. The topological polar surface area (TPSA) is 92.0 Å². The average molecular weight is 372 g/mol. The van der Waals surface area contributed by atoms with Crippen molar-refractivity contribution in [1.29, 1.82) is 0 Å². The highest BCUT2D eigenvalue weighted by Crippen LogP contribution is 2.26. The second-order valence-electron chi connectivity index (χ2n) is 7.02. The number of morpholine rings is 1. The summed E-state index contributed by atoms with van der Waals surface area (Å²) < 4.78 is 10.4. The highest BCUT2D eigenvalue weighted by molar-refractivity contribution is 6.02. The molecule has 1 saturated heterocycles. The van der Waals surface area contributed by atoms with Crippen molar-refractivity contribution < 1.29 is 23.8 Å². The van der Waals surface area contributed by atoms with Crippen LogP contribution in [0, 0.1) is 5.92 Å². The number of ether oxygens (including phenoxy) is 1. The normalized spacial score (nSPS) is 18.6. The molecular weight excluding hydrogens is 348 g/mol. The summed E-state index contributed by atoms with van der Waals surface area (Å²) in [5.41, 5.74) is 1.24. The van der Waals surface area contributed by atoms with Gasteiger partial charge in [0.2, 0.25) is 5.91 Å². The molecule has 7 heteroatoms. The zero-order valence-corrected chi connectivity index (χ0v) is 15.4. The maximum Gasteiger partial charge on any atom is 0.291 e. The number of aliphatic hydroxyl groups is 1. The van der Waals surface area contributed by atoms with Crippen molar-refractivity contribution in [3.63, 3.8) is 0 Å². The smallest absolute Gasteiger partial charge is 0.291 e. The molecule has 0 radical (unpaired) electrons. The van der Waals surface area contributed by atoms with E-state index in [0.29, 0.717) is 23.7 Å². The molecule has 1 aliphatic heterocycles. The number of nitrogens with one attached hydrogen (secondary N) is 1. The Bertz CT molecular complexity index is 770. The molecule has 2 atom stereocenters. The van der Waals surface area contributed by atoms with Crippen LogP contribution >= 0.6 is 0 Å². The quantitative estimate of drug-likeness (QED) is 0.813. The number of benzene rings is 1. The van der Waals surface area contributed by atoms with E-state index in [4.69, 9.17) is 9.15 Å². The van der Waals surface area contributed by atoms with Gasteiger partial charge in [-0.15, -0.1) is 0 Å². The maximum absolute atomic E-state index is 12.2. The van der Waals surface area contributed by atoms with Gasteiger partial charge in [0.25, 0.3) is 5.91 Å². The van der Waals surface area contributed by atoms with E-state index in [1.807, 2.05) is 13.8 Å². The molecule has 0 bridgehead atoms. The van der Waals surface area contributed by atoms with Crippen molar-refractivity contribution in [2.45, 2.75) is 26.0 Å². The summed E-state index contributed by atoms with van der Waals surface area (Å²) in [4.78, 5) is 25.9. The van der Waals surface area contributed by atoms with Crippen molar-refractivity contribution in [1.82, 2.24) is 4.90 Å². The van der Waals surface area contributed by atoms with Gasteiger partial charge in [-0.2, -0.15) is 0 Å². The number of hydrogen-bond acceptors (Lipinski definition) is 5. The van der Waals surface area contributed by atoms with Gasteiger partial charge in [-0.05, 0) is 35.7 Å². The van der Waals surface area contributed by atoms with E-state index in [9.17, 15) is 14.7 Å². The number of furan rings is 1. The summed E-state index contributed by atoms with van der Waals surface area (Å²) in [6, 6.07) is 9.67. The molecule has 0 spiro atoms. The molecular formula is C20H24N2O5. The van der Waals surface area contributed by atoms with Crippen LogP contribution in [-0.2, 0) is 9.53 Å². The number of carbonyl (C=O) groups excluding carboxylic acids is 2. The fourth-order valence-corrected chi connectivity index (χ4v) is 3.10. The Morgan fingerprint density at radius 1 is 1.30 bits per heavy atom. The third kappa shape index (κ3) is 4.56. The van der Waals surface area contributed by atoms with Crippen LogP contribution in [-0.4, -0.2) is 47.6 Å². The van der Waals surface area contributed by atoms with Crippen LogP contribution < -0.4 is 5.32 Å². The molecule has 27 heavy (non-hydrogen) atoms. The highest BCUT2D eigenvalue weighted by atomic mass is 16.5. The predicted octanol–water partition coefficient (Wildman–Crippen LogP) is 2.45. The van der Waals surface area contributed by atoms with E-state index in [0.717, 1.165) is 0 Å². The van der Waals surface area contributed by atoms with E-state index in [-0.39, 0.29) is 30.8 Å². The van der Waals surface area contributed by atoms with Gasteiger partial charge >= 0.3 is 0 Å². The van der Waals surface area contributed by atoms with E-state index in [2.05, 4.69) is 5.32 Å². The summed E-state index contributed by atoms with van der Waals surface area (Å²) in [6.07, 6.45) is 0.563. The predicted molar refractivity (Wildman–Crippen MR) is 99.2 cm³/mol.